The van der Waals surface area contributed by atoms with Crippen molar-refractivity contribution in [2.75, 3.05) is 24.8 Å². The number of ether oxygens (including phenoxy) is 2. The van der Waals surface area contributed by atoms with E-state index in [4.69, 9.17) is 10.5 Å². The molecule has 6 nitrogen and oxygen atoms in total. The highest BCUT2D eigenvalue weighted by Gasteiger charge is 2.12. The Balaban J connectivity index is 2.21. The quantitative estimate of drug-likeness (QED) is 0.649. The molecule has 0 atom stereocenters. The van der Waals surface area contributed by atoms with E-state index in [1.165, 1.54) is 7.11 Å². The standard InChI is InChI=1S/C15H17N3O3/c1-3-21-13-8-7-10(9-17-13)18-12-6-4-5-11(14(12)16)15(19)20-2/h4-9,18H,3,16H2,1-2H3. The third-order valence-corrected chi connectivity index (χ3v) is 2.82. The highest BCUT2D eigenvalue weighted by Crippen LogP contribution is 2.27. The number of methoxy groups -OCH3 is 1. The number of esters is 1. The number of rotatable bonds is 5. The highest BCUT2D eigenvalue weighted by molar-refractivity contribution is 5.98. The topological polar surface area (TPSA) is 86.5 Å². The van der Waals surface area contributed by atoms with Crippen LogP contribution in [0.2, 0.25) is 0 Å². The minimum Gasteiger partial charge on any atom is -0.478 e. The van der Waals surface area contributed by atoms with Gasteiger partial charge in [0.25, 0.3) is 0 Å². The van der Waals surface area contributed by atoms with Crippen molar-refractivity contribution in [1.82, 2.24) is 4.98 Å². The second-order valence-electron chi connectivity index (χ2n) is 4.20. The number of nitrogens with two attached hydrogens (primary N) is 1. The number of carbonyl (C=O) groups is 1. The van der Waals surface area contributed by atoms with Crippen molar-refractivity contribution in [3.8, 4) is 5.88 Å². The molecular formula is C15H17N3O3. The molecule has 1 heterocycles. The Kier molecular flexibility index (Phi) is 4.61. The minimum atomic E-state index is -0.471. The number of nitrogens with one attached hydrogen (secondary N) is 1. The number of nitrogens with zero attached hydrogens (tertiary/aromatic N) is 1. The molecule has 1 aromatic carbocycles. The van der Waals surface area contributed by atoms with E-state index < -0.39 is 5.97 Å². The maximum atomic E-state index is 11.6. The van der Waals surface area contributed by atoms with Crippen LogP contribution in [0.5, 0.6) is 5.88 Å². The van der Waals surface area contributed by atoms with Crippen LogP contribution in [-0.4, -0.2) is 24.7 Å². The number of pyridine rings is 1. The first-order valence-electron chi connectivity index (χ1n) is 6.48. The first-order valence-corrected chi connectivity index (χ1v) is 6.48. The van der Waals surface area contributed by atoms with E-state index in [0.29, 0.717) is 29.4 Å². The average molecular weight is 287 g/mol. The van der Waals surface area contributed by atoms with Gasteiger partial charge in [-0.05, 0) is 25.1 Å². The molecule has 0 spiro atoms. The summed E-state index contributed by atoms with van der Waals surface area (Å²) < 4.78 is 9.96. The molecule has 0 aliphatic rings. The Morgan fingerprint density at radius 3 is 2.76 bits per heavy atom. The third kappa shape index (κ3) is 3.42. The largest absolute Gasteiger partial charge is 0.478 e. The van der Waals surface area contributed by atoms with Crippen LogP contribution in [0.25, 0.3) is 0 Å². The Morgan fingerprint density at radius 2 is 2.14 bits per heavy atom. The van der Waals surface area contributed by atoms with Crippen LogP contribution >= 0.6 is 0 Å². The van der Waals surface area contributed by atoms with Gasteiger partial charge < -0.3 is 20.5 Å². The van der Waals surface area contributed by atoms with Gasteiger partial charge in [-0.3, -0.25) is 0 Å². The molecule has 0 fully saturated rings. The van der Waals surface area contributed by atoms with Crippen molar-refractivity contribution in [2.24, 2.45) is 0 Å². The molecule has 0 bridgehead atoms. The minimum absolute atomic E-state index is 0.321. The zero-order valence-electron chi connectivity index (χ0n) is 11.9. The fraction of sp³-hybridized carbons (Fsp3) is 0.200. The highest BCUT2D eigenvalue weighted by atomic mass is 16.5. The zero-order chi connectivity index (χ0) is 15.2. The van der Waals surface area contributed by atoms with Gasteiger partial charge in [0, 0.05) is 6.07 Å². The van der Waals surface area contributed by atoms with Gasteiger partial charge in [-0.25, -0.2) is 9.78 Å². The number of nitrogen functional groups attached to an aromatic ring is 1. The molecule has 2 rings (SSSR count). The van der Waals surface area contributed by atoms with Gasteiger partial charge in [-0.1, -0.05) is 6.07 Å². The van der Waals surface area contributed by atoms with E-state index in [1.807, 2.05) is 13.0 Å². The number of carbonyl (C=O) groups excluding carboxylic acids is 1. The summed E-state index contributed by atoms with van der Waals surface area (Å²) in [7, 11) is 1.32. The Labute approximate surface area is 122 Å². The van der Waals surface area contributed by atoms with Crippen molar-refractivity contribution in [3.05, 3.63) is 42.1 Å². The third-order valence-electron chi connectivity index (χ3n) is 2.82. The molecule has 0 radical (unpaired) electrons. The molecule has 0 saturated heterocycles. The molecule has 21 heavy (non-hydrogen) atoms. The normalized spacial score (nSPS) is 10.0. The maximum Gasteiger partial charge on any atom is 0.340 e. The number of hydrogen-bond acceptors (Lipinski definition) is 6. The lowest BCUT2D eigenvalue weighted by molar-refractivity contribution is 0.0602. The summed E-state index contributed by atoms with van der Waals surface area (Å²) in [6.07, 6.45) is 1.63. The van der Waals surface area contributed by atoms with Gasteiger partial charge in [0.2, 0.25) is 5.88 Å². The van der Waals surface area contributed by atoms with Crippen molar-refractivity contribution in [3.63, 3.8) is 0 Å². The first kappa shape index (κ1) is 14.6. The van der Waals surface area contributed by atoms with Crippen LogP contribution < -0.4 is 15.8 Å². The van der Waals surface area contributed by atoms with Gasteiger partial charge >= 0.3 is 5.97 Å². The van der Waals surface area contributed by atoms with Gasteiger partial charge in [0.15, 0.2) is 0 Å². The van der Waals surface area contributed by atoms with Crippen molar-refractivity contribution in [2.45, 2.75) is 6.92 Å². The molecule has 0 unspecified atom stereocenters. The lowest BCUT2D eigenvalue weighted by atomic mass is 10.1. The summed E-state index contributed by atoms with van der Waals surface area (Å²) in [5.74, 6) is 0.0836. The second kappa shape index (κ2) is 6.60. The summed E-state index contributed by atoms with van der Waals surface area (Å²) >= 11 is 0. The molecule has 2 aromatic rings. The van der Waals surface area contributed by atoms with Crippen molar-refractivity contribution >= 4 is 23.0 Å². The summed E-state index contributed by atoms with van der Waals surface area (Å²) in [5, 5.41) is 3.11. The summed E-state index contributed by atoms with van der Waals surface area (Å²) in [4.78, 5) is 15.7. The van der Waals surface area contributed by atoms with Crippen molar-refractivity contribution in [1.29, 1.82) is 0 Å². The second-order valence-corrected chi connectivity index (χ2v) is 4.20. The molecule has 110 valence electrons. The van der Waals surface area contributed by atoms with Crippen LogP contribution in [0, 0.1) is 0 Å². The molecule has 3 N–H and O–H groups in total. The van der Waals surface area contributed by atoms with Gasteiger partial charge in [0.05, 0.1) is 42.5 Å². The van der Waals surface area contributed by atoms with E-state index in [-0.39, 0.29) is 0 Å². The van der Waals surface area contributed by atoms with E-state index in [0.717, 1.165) is 5.69 Å². The van der Waals surface area contributed by atoms with E-state index in [1.54, 1.807) is 30.5 Å². The lowest BCUT2D eigenvalue weighted by Crippen LogP contribution is -2.07. The van der Waals surface area contributed by atoms with Crippen LogP contribution in [0.1, 0.15) is 17.3 Å². The predicted molar refractivity (Wildman–Crippen MR) is 80.9 cm³/mol. The molecule has 0 aliphatic heterocycles. The predicted octanol–water partition coefficient (Wildman–Crippen LogP) is 2.59. The SMILES string of the molecule is CCOc1ccc(Nc2cccc(C(=O)OC)c2N)cn1. The monoisotopic (exact) mass is 287 g/mol. The number of para-hydroxylation sites is 1. The molecule has 0 saturated carbocycles. The van der Waals surface area contributed by atoms with E-state index in [9.17, 15) is 4.79 Å². The first-order chi connectivity index (χ1) is 10.2. The van der Waals surface area contributed by atoms with Gasteiger partial charge in [-0.15, -0.1) is 0 Å². The fourth-order valence-corrected chi connectivity index (χ4v) is 1.81. The Morgan fingerprint density at radius 1 is 1.33 bits per heavy atom. The maximum absolute atomic E-state index is 11.6. The number of benzene rings is 1. The van der Waals surface area contributed by atoms with Crippen LogP contribution in [-0.2, 0) is 4.74 Å². The Bertz CT molecular complexity index is 627. The summed E-state index contributed by atoms with van der Waals surface area (Å²) in [5.41, 5.74) is 7.99. The van der Waals surface area contributed by atoms with E-state index in [2.05, 4.69) is 15.0 Å². The molecule has 1 aromatic heterocycles. The molecule has 6 heteroatoms. The smallest absolute Gasteiger partial charge is 0.340 e. The van der Waals surface area contributed by atoms with E-state index >= 15 is 0 Å². The van der Waals surface area contributed by atoms with Crippen LogP contribution in [0.3, 0.4) is 0 Å². The summed E-state index contributed by atoms with van der Waals surface area (Å²) in [6.45, 7) is 2.46. The van der Waals surface area contributed by atoms with Gasteiger partial charge in [0.1, 0.15) is 0 Å². The molecule has 0 aliphatic carbocycles. The fourth-order valence-electron chi connectivity index (χ4n) is 1.81. The van der Waals surface area contributed by atoms with Crippen LogP contribution in [0.4, 0.5) is 17.1 Å². The number of hydrogen-bond donors (Lipinski definition) is 2. The number of aromatic nitrogens is 1. The van der Waals surface area contributed by atoms with Crippen molar-refractivity contribution < 1.29 is 14.3 Å². The van der Waals surface area contributed by atoms with Crippen LogP contribution in [0.15, 0.2) is 36.5 Å². The number of anilines is 3. The van der Waals surface area contributed by atoms with Gasteiger partial charge in [-0.2, -0.15) is 0 Å². The average Bonchev–Trinajstić information content (AvgIpc) is 2.51. The molecular weight excluding hydrogens is 270 g/mol. The zero-order valence-corrected chi connectivity index (χ0v) is 11.9. The lowest BCUT2D eigenvalue weighted by Gasteiger charge is -2.12. The summed E-state index contributed by atoms with van der Waals surface area (Å²) in [6, 6.07) is 8.70. The Hall–Kier alpha value is -2.76. The molecule has 0 amide bonds.